The zero-order valence-corrected chi connectivity index (χ0v) is 5.14. The Balaban J connectivity index is 0. The summed E-state index contributed by atoms with van der Waals surface area (Å²) in [6.45, 7) is 0.458. The van der Waals surface area contributed by atoms with E-state index < -0.39 is 0 Å². The van der Waals surface area contributed by atoms with E-state index in [1.54, 1.807) is 12.2 Å². The van der Waals surface area contributed by atoms with Crippen molar-refractivity contribution in [2.75, 3.05) is 20.6 Å². The van der Waals surface area contributed by atoms with E-state index in [4.69, 9.17) is 5.53 Å². The minimum absolute atomic E-state index is 0.458. The molecule has 48 valence electrons. The first-order chi connectivity index (χ1) is 3.83. The van der Waals surface area contributed by atoms with Crippen molar-refractivity contribution in [1.82, 2.24) is 5.32 Å². The highest BCUT2D eigenvalue weighted by molar-refractivity contribution is 5.51. The smallest absolute Gasteiger partial charge is 0.133 e. The Bertz CT molecular complexity index is 55.2. The molecule has 0 amide bonds. The van der Waals surface area contributed by atoms with Crippen molar-refractivity contribution in [3.05, 3.63) is 5.53 Å². The van der Waals surface area contributed by atoms with E-state index in [-0.39, 0.29) is 0 Å². The van der Waals surface area contributed by atoms with Crippen LogP contribution in [0.15, 0.2) is 0 Å². The minimum Gasteiger partial charge on any atom is -0.509 e. The van der Waals surface area contributed by atoms with Gasteiger partial charge in [-0.15, -0.1) is 0 Å². The van der Waals surface area contributed by atoms with Crippen LogP contribution in [0.3, 0.4) is 0 Å². The van der Waals surface area contributed by atoms with Gasteiger partial charge in [0.15, 0.2) is 0 Å². The van der Waals surface area contributed by atoms with Gasteiger partial charge in [-0.3, -0.25) is 0 Å². The van der Waals surface area contributed by atoms with Crippen LogP contribution in [0, 0.1) is 0 Å². The van der Waals surface area contributed by atoms with Gasteiger partial charge in [-0.2, -0.15) is 0 Å². The monoisotopic (exact) mass is 117 g/mol. The predicted molar refractivity (Wildman–Crippen MR) is 30.2 cm³/mol. The molecule has 0 heterocycles. The fourth-order valence-corrected chi connectivity index (χ4v) is 0.0833. The molecule has 0 saturated heterocycles. The molecule has 0 aliphatic rings. The topological polar surface area (TPSA) is 65.4 Å². The quantitative estimate of drug-likeness (QED) is 0.328. The average molecular weight is 117 g/mol. The number of hydrogen-bond acceptors (Lipinski definition) is 2. The normalized spacial score (nSPS) is 6.25. The molecule has 0 aliphatic carbocycles. The summed E-state index contributed by atoms with van der Waals surface area (Å²) in [4.78, 5) is 9.34. The molecule has 0 atom stereocenters. The van der Waals surface area contributed by atoms with Crippen LogP contribution < -0.4 is 10.4 Å². The fraction of sp³-hybridized carbons (Fsp3) is 0.750. The van der Waals surface area contributed by atoms with Crippen molar-refractivity contribution in [3.63, 3.8) is 0 Å². The molecule has 0 spiro atoms. The first-order valence-electron chi connectivity index (χ1n) is 2.22. The summed E-state index contributed by atoms with van der Waals surface area (Å²) in [5.41, 5.74) is 7.32. The summed E-state index contributed by atoms with van der Waals surface area (Å²) in [5.74, 6) is 0. The van der Waals surface area contributed by atoms with Crippen LogP contribution in [0.5, 0.6) is 0 Å². The van der Waals surface area contributed by atoms with Gasteiger partial charge in [0, 0.05) is 0 Å². The lowest BCUT2D eigenvalue weighted by molar-refractivity contribution is -0.444. The Labute approximate surface area is 48.8 Å². The number of rotatable bonds is 2. The summed E-state index contributed by atoms with van der Waals surface area (Å²) in [6, 6.07) is 0. The van der Waals surface area contributed by atoms with Gasteiger partial charge in [0.05, 0.1) is 6.54 Å². The molecule has 0 saturated carbocycles. The van der Waals surface area contributed by atoms with Gasteiger partial charge < -0.3 is 20.8 Å². The molecule has 0 aromatic heterocycles. The predicted octanol–water partition coefficient (Wildman–Crippen LogP) is -1.88. The van der Waals surface area contributed by atoms with Gasteiger partial charge in [0.1, 0.15) is 13.3 Å². The second-order valence-electron chi connectivity index (χ2n) is 0.948. The molecule has 0 unspecified atom stereocenters. The van der Waals surface area contributed by atoms with Crippen molar-refractivity contribution in [2.45, 2.75) is 0 Å². The number of carbonyl (C=O) groups excluding carboxylic acids is 1. The first-order valence-corrected chi connectivity index (χ1v) is 2.22. The summed E-state index contributed by atoms with van der Waals surface area (Å²) in [6.07, 6.45) is 0.819. The summed E-state index contributed by atoms with van der Waals surface area (Å²) in [5, 5.41) is 4.40. The SMILES string of the molecule is CNCC=O.C[NH+]=[N-]. The minimum atomic E-state index is 0.458. The highest BCUT2D eigenvalue weighted by Gasteiger charge is 1.62. The lowest BCUT2D eigenvalue weighted by Gasteiger charge is -1.75. The molecular formula is C4H11N3O. The van der Waals surface area contributed by atoms with Gasteiger partial charge in [-0.25, -0.2) is 0 Å². The Morgan fingerprint density at radius 2 is 2.25 bits per heavy atom. The van der Waals surface area contributed by atoms with Crippen molar-refractivity contribution >= 4 is 6.29 Å². The van der Waals surface area contributed by atoms with E-state index >= 15 is 0 Å². The number of hydrogen-bond donors (Lipinski definition) is 2. The van der Waals surface area contributed by atoms with E-state index in [9.17, 15) is 4.79 Å². The highest BCUT2D eigenvalue weighted by atomic mass is 16.1. The third kappa shape index (κ3) is 61.9. The zero-order chi connectivity index (χ0) is 6.83. The van der Waals surface area contributed by atoms with Crippen molar-refractivity contribution in [3.8, 4) is 0 Å². The van der Waals surface area contributed by atoms with Crippen LogP contribution >= 0.6 is 0 Å². The van der Waals surface area contributed by atoms with Gasteiger partial charge in [-0.05, 0) is 7.05 Å². The second kappa shape index (κ2) is 16.3. The maximum absolute atomic E-state index is 9.34. The maximum Gasteiger partial charge on any atom is 0.133 e. The Kier molecular flexibility index (Phi) is 20.9. The van der Waals surface area contributed by atoms with Crippen LogP contribution in [-0.2, 0) is 4.79 Å². The van der Waals surface area contributed by atoms with Crippen molar-refractivity contribution < 1.29 is 9.91 Å². The van der Waals surface area contributed by atoms with E-state index in [0.717, 1.165) is 6.29 Å². The maximum atomic E-state index is 9.34. The number of likely N-dealkylation sites (N-methyl/N-ethyl adjacent to an activating group) is 1. The lowest BCUT2D eigenvalue weighted by Crippen LogP contribution is -2.55. The van der Waals surface area contributed by atoms with Crippen LogP contribution in [0.25, 0.3) is 5.53 Å². The van der Waals surface area contributed by atoms with Crippen molar-refractivity contribution in [2.24, 2.45) is 0 Å². The summed E-state index contributed by atoms with van der Waals surface area (Å²) in [7, 11) is 3.16. The molecule has 0 bridgehead atoms. The molecule has 4 heteroatoms. The Morgan fingerprint density at radius 1 is 1.88 bits per heavy atom. The first kappa shape index (κ1) is 10.3. The zero-order valence-electron chi connectivity index (χ0n) is 5.14. The third-order valence-corrected chi connectivity index (χ3v) is 0.287. The summed E-state index contributed by atoms with van der Waals surface area (Å²) < 4.78 is 0. The number of aldehydes is 1. The van der Waals surface area contributed by atoms with Crippen molar-refractivity contribution in [1.29, 1.82) is 0 Å². The number of nitrogens with zero attached hydrogens (tertiary/aromatic N) is 1. The average Bonchev–Trinajstić information content (AvgIpc) is 1.71. The molecular weight excluding hydrogens is 106 g/mol. The van der Waals surface area contributed by atoms with Crippen LogP contribution in [-0.4, -0.2) is 26.9 Å². The third-order valence-electron chi connectivity index (χ3n) is 0.287. The molecule has 0 rings (SSSR count). The van der Waals surface area contributed by atoms with Gasteiger partial charge >= 0.3 is 0 Å². The Hall–Kier alpha value is -0.770. The van der Waals surface area contributed by atoms with Crippen LogP contribution in [0.4, 0.5) is 0 Å². The molecule has 0 radical (unpaired) electrons. The molecule has 0 aromatic rings. The Morgan fingerprint density at radius 3 is 2.25 bits per heavy atom. The van der Waals surface area contributed by atoms with Crippen LogP contribution in [0.2, 0.25) is 0 Å². The van der Waals surface area contributed by atoms with E-state index in [1.807, 2.05) is 0 Å². The fourth-order valence-electron chi connectivity index (χ4n) is 0.0833. The largest absolute Gasteiger partial charge is 0.509 e. The number of nitrogens with one attached hydrogen (secondary N) is 2. The lowest BCUT2D eigenvalue weighted by atomic mass is 10.7. The summed E-state index contributed by atoms with van der Waals surface area (Å²) >= 11 is 0. The van der Waals surface area contributed by atoms with Gasteiger partial charge in [-0.1, -0.05) is 0 Å². The number of carbonyl (C=O) groups is 1. The molecule has 4 nitrogen and oxygen atoms in total. The van der Waals surface area contributed by atoms with Gasteiger partial charge in [0.25, 0.3) is 0 Å². The molecule has 2 N–H and O–H groups in total. The highest BCUT2D eigenvalue weighted by Crippen LogP contribution is 1.32. The van der Waals surface area contributed by atoms with Gasteiger partial charge in [0.2, 0.25) is 0 Å². The second-order valence-corrected chi connectivity index (χ2v) is 0.948. The van der Waals surface area contributed by atoms with Crippen LogP contribution in [0.1, 0.15) is 0 Å². The van der Waals surface area contributed by atoms with E-state index in [0.29, 0.717) is 6.54 Å². The standard InChI is InChI=1S/C3H7NO.CH4N2/c1-4-2-3-5;1-3-2/h3-4H,2H2,1H3;3H,1H3. The molecule has 0 aromatic carbocycles. The molecule has 0 fully saturated rings. The van der Waals surface area contributed by atoms with E-state index in [1.165, 1.54) is 7.05 Å². The molecule has 8 heavy (non-hydrogen) atoms. The molecule has 0 aliphatic heterocycles. The van der Waals surface area contributed by atoms with E-state index in [2.05, 4.69) is 5.32 Å².